The van der Waals surface area contributed by atoms with Crippen molar-refractivity contribution in [3.05, 3.63) is 41.5 Å². The highest BCUT2D eigenvalue weighted by molar-refractivity contribution is 7.91. The van der Waals surface area contributed by atoms with Crippen LogP contribution >= 0.6 is 0 Å². The highest BCUT2D eigenvalue weighted by atomic mass is 32.2. The van der Waals surface area contributed by atoms with E-state index >= 15 is 0 Å². The molecule has 1 aliphatic rings. The van der Waals surface area contributed by atoms with Crippen LogP contribution in [0.15, 0.2) is 35.2 Å². The minimum absolute atomic E-state index is 0.0541. The Hall–Kier alpha value is -3.14. The number of aromatic amines is 1. The molecule has 0 spiro atoms. The summed E-state index contributed by atoms with van der Waals surface area (Å²) in [5.74, 6) is 1.27. The minimum atomic E-state index is -3.61. The molecule has 164 valence electrons. The number of hydrogen-bond donors (Lipinski definition) is 3. The summed E-state index contributed by atoms with van der Waals surface area (Å²) in [6.45, 7) is 3.78. The Bertz CT molecular complexity index is 1150. The lowest BCUT2D eigenvalue weighted by Crippen LogP contribution is -2.14. The first kappa shape index (κ1) is 21.1. The van der Waals surface area contributed by atoms with Gasteiger partial charge < -0.3 is 15.2 Å². The minimum Gasteiger partial charge on any atom is -0.507 e. The molecule has 0 saturated heterocycles. The van der Waals surface area contributed by atoms with Gasteiger partial charge in [0, 0.05) is 11.8 Å². The molecule has 0 amide bonds. The molecule has 4 rings (SSSR count). The van der Waals surface area contributed by atoms with Gasteiger partial charge in [0.15, 0.2) is 9.84 Å². The molecule has 1 heterocycles. The van der Waals surface area contributed by atoms with Crippen LogP contribution in [0, 0.1) is 19.8 Å². The quantitative estimate of drug-likeness (QED) is 0.499. The van der Waals surface area contributed by atoms with E-state index in [9.17, 15) is 13.5 Å². The van der Waals surface area contributed by atoms with Gasteiger partial charge >= 0.3 is 0 Å². The number of hydrogen-bond acceptors (Lipinski definition) is 8. The van der Waals surface area contributed by atoms with Crippen LogP contribution in [0.3, 0.4) is 0 Å². The number of nitrogens with one attached hydrogen (secondary N) is 2. The standard InChI is InChI=1S/C21H25N5O4S/c1-13-9-16(22-21-23-25-26-24-21)10-14(2)20(13)30-17-7-8-18(27)19(11-17)31(28,29)12-15-5-3-4-6-15/h7-11,15,27H,3-6,12H2,1-2H3,(H2,22,23,24,25,26). The van der Waals surface area contributed by atoms with Gasteiger partial charge in [-0.25, -0.2) is 8.42 Å². The number of nitrogens with zero attached hydrogens (tertiary/aromatic N) is 3. The molecule has 0 aliphatic heterocycles. The van der Waals surface area contributed by atoms with Crippen LogP contribution in [0.1, 0.15) is 36.8 Å². The average molecular weight is 444 g/mol. The lowest BCUT2D eigenvalue weighted by atomic mass is 10.1. The van der Waals surface area contributed by atoms with Gasteiger partial charge in [0.25, 0.3) is 5.95 Å². The van der Waals surface area contributed by atoms with Gasteiger partial charge in [-0.2, -0.15) is 5.21 Å². The smallest absolute Gasteiger partial charge is 0.267 e. The third-order valence-corrected chi connectivity index (χ3v) is 7.39. The predicted octanol–water partition coefficient (Wildman–Crippen LogP) is 4.02. The van der Waals surface area contributed by atoms with Crippen molar-refractivity contribution in [1.82, 2.24) is 20.6 Å². The number of anilines is 2. The van der Waals surface area contributed by atoms with E-state index in [0.717, 1.165) is 42.5 Å². The van der Waals surface area contributed by atoms with Crippen LogP contribution in [0.25, 0.3) is 0 Å². The molecule has 1 fully saturated rings. The van der Waals surface area contributed by atoms with Crippen LogP contribution < -0.4 is 10.1 Å². The zero-order chi connectivity index (χ0) is 22.0. The number of phenols is 1. The molecular formula is C21H25N5O4S. The second kappa shape index (κ2) is 8.54. The summed E-state index contributed by atoms with van der Waals surface area (Å²) >= 11 is 0. The van der Waals surface area contributed by atoms with Gasteiger partial charge in [-0.3, -0.25) is 0 Å². The number of benzene rings is 2. The predicted molar refractivity (Wildman–Crippen MR) is 116 cm³/mol. The van der Waals surface area contributed by atoms with Crippen molar-refractivity contribution in [3.8, 4) is 17.2 Å². The SMILES string of the molecule is Cc1cc(Nc2nn[nH]n2)cc(C)c1Oc1ccc(O)c(S(=O)(=O)CC2CCCC2)c1. The van der Waals surface area contributed by atoms with E-state index in [2.05, 4.69) is 25.9 Å². The van der Waals surface area contributed by atoms with Gasteiger partial charge in [0.05, 0.1) is 5.75 Å². The van der Waals surface area contributed by atoms with Gasteiger partial charge in [0.2, 0.25) is 0 Å². The first-order chi connectivity index (χ1) is 14.8. The largest absolute Gasteiger partial charge is 0.507 e. The van der Waals surface area contributed by atoms with Gasteiger partial charge in [-0.1, -0.05) is 17.9 Å². The van der Waals surface area contributed by atoms with Crippen molar-refractivity contribution >= 4 is 21.5 Å². The second-order valence-corrected chi connectivity index (χ2v) is 9.97. The number of aromatic hydroxyl groups is 1. The molecule has 1 saturated carbocycles. The maximum atomic E-state index is 12.9. The molecule has 3 aromatic rings. The summed E-state index contributed by atoms with van der Waals surface area (Å²) in [7, 11) is -3.61. The van der Waals surface area contributed by atoms with E-state index < -0.39 is 9.84 Å². The number of aromatic nitrogens is 4. The molecule has 0 bridgehead atoms. The summed E-state index contributed by atoms with van der Waals surface area (Å²) in [5, 5.41) is 26.9. The van der Waals surface area contributed by atoms with Crippen molar-refractivity contribution in [2.24, 2.45) is 5.92 Å². The highest BCUT2D eigenvalue weighted by Crippen LogP contribution is 2.36. The normalized spacial score (nSPS) is 14.6. The number of aryl methyl sites for hydroxylation is 2. The Labute approximate surface area is 180 Å². The zero-order valence-corrected chi connectivity index (χ0v) is 18.2. The fourth-order valence-electron chi connectivity index (χ4n) is 4.03. The molecule has 31 heavy (non-hydrogen) atoms. The lowest BCUT2D eigenvalue weighted by molar-refractivity contribution is 0.446. The van der Waals surface area contributed by atoms with Crippen LogP contribution in [0.4, 0.5) is 11.6 Å². The first-order valence-electron chi connectivity index (χ1n) is 10.2. The number of tetrazole rings is 1. The topological polar surface area (TPSA) is 130 Å². The van der Waals surface area contributed by atoms with E-state index in [0.29, 0.717) is 17.4 Å². The van der Waals surface area contributed by atoms with E-state index in [4.69, 9.17) is 4.74 Å². The van der Waals surface area contributed by atoms with Gasteiger partial charge in [0.1, 0.15) is 22.1 Å². The monoisotopic (exact) mass is 443 g/mol. The molecule has 1 aliphatic carbocycles. The molecule has 3 N–H and O–H groups in total. The maximum Gasteiger partial charge on any atom is 0.267 e. The van der Waals surface area contributed by atoms with E-state index in [-0.39, 0.29) is 22.3 Å². The molecule has 2 aromatic carbocycles. The molecule has 9 nitrogen and oxygen atoms in total. The summed E-state index contributed by atoms with van der Waals surface area (Å²) < 4.78 is 31.8. The fraction of sp³-hybridized carbons (Fsp3) is 0.381. The average Bonchev–Trinajstić information content (AvgIpc) is 3.40. The van der Waals surface area contributed by atoms with Crippen molar-refractivity contribution < 1.29 is 18.3 Å². The fourth-order valence-corrected chi connectivity index (χ4v) is 5.85. The summed E-state index contributed by atoms with van der Waals surface area (Å²) in [6.07, 6.45) is 3.95. The van der Waals surface area contributed by atoms with Crippen molar-refractivity contribution in [2.45, 2.75) is 44.4 Å². The van der Waals surface area contributed by atoms with Gasteiger partial charge in [-0.05, 0) is 73.2 Å². The zero-order valence-electron chi connectivity index (χ0n) is 17.4. The van der Waals surface area contributed by atoms with Crippen LogP contribution in [-0.4, -0.2) is 39.9 Å². The number of sulfone groups is 1. The Balaban J connectivity index is 1.57. The highest BCUT2D eigenvalue weighted by Gasteiger charge is 2.27. The number of rotatable bonds is 7. The van der Waals surface area contributed by atoms with Crippen LogP contribution in [0.2, 0.25) is 0 Å². The first-order valence-corrected chi connectivity index (χ1v) is 11.8. The van der Waals surface area contributed by atoms with Crippen molar-refractivity contribution in [2.75, 3.05) is 11.1 Å². The molecular weight excluding hydrogens is 418 g/mol. The molecule has 0 unspecified atom stereocenters. The van der Waals surface area contributed by atoms with E-state index in [1.807, 2.05) is 26.0 Å². The maximum absolute atomic E-state index is 12.9. The van der Waals surface area contributed by atoms with Crippen LogP contribution in [0.5, 0.6) is 17.2 Å². The third kappa shape index (κ3) is 4.79. The van der Waals surface area contributed by atoms with Crippen molar-refractivity contribution in [1.29, 1.82) is 0 Å². The van der Waals surface area contributed by atoms with Crippen molar-refractivity contribution in [3.63, 3.8) is 0 Å². The van der Waals surface area contributed by atoms with E-state index in [1.54, 1.807) is 6.07 Å². The molecule has 0 atom stereocenters. The molecule has 10 heteroatoms. The Morgan fingerprint density at radius 2 is 1.87 bits per heavy atom. The summed E-state index contributed by atoms with van der Waals surface area (Å²) in [5.41, 5.74) is 2.46. The van der Waals surface area contributed by atoms with Gasteiger partial charge in [-0.15, -0.1) is 5.10 Å². The van der Waals surface area contributed by atoms with Crippen LogP contribution in [-0.2, 0) is 9.84 Å². The number of phenolic OH excluding ortho intramolecular Hbond substituents is 1. The van der Waals surface area contributed by atoms with E-state index in [1.165, 1.54) is 12.1 Å². The lowest BCUT2D eigenvalue weighted by Gasteiger charge is -2.16. The third-order valence-electron chi connectivity index (χ3n) is 5.48. The summed E-state index contributed by atoms with van der Waals surface area (Å²) in [4.78, 5) is -0.0809. The summed E-state index contributed by atoms with van der Waals surface area (Å²) in [6, 6.07) is 8.08. The number of ether oxygens (including phenoxy) is 1. The molecule has 1 aromatic heterocycles. The number of H-pyrrole nitrogens is 1. The Morgan fingerprint density at radius 3 is 2.52 bits per heavy atom. The second-order valence-electron chi connectivity index (χ2n) is 7.96. The molecule has 0 radical (unpaired) electrons. The Kier molecular flexibility index (Phi) is 5.81. The Morgan fingerprint density at radius 1 is 1.16 bits per heavy atom.